The van der Waals surface area contributed by atoms with Gasteiger partial charge < -0.3 is 15.0 Å². The predicted octanol–water partition coefficient (Wildman–Crippen LogP) is 4.08. The molecule has 2 aromatic carbocycles. The number of fused-ring (bicyclic) bond motifs is 2. The van der Waals surface area contributed by atoms with E-state index in [4.69, 9.17) is 4.74 Å². The van der Waals surface area contributed by atoms with Gasteiger partial charge in [0.1, 0.15) is 11.9 Å². The van der Waals surface area contributed by atoms with Gasteiger partial charge in [-0.3, -0.25) is 14.0 Å². The van der Waals surface area contributed by atoms with Crippen molar-refractivity contribution in [3.8, 4) is 5.69 Å². The lowest BCUT2D eigenvalue weighted by Gasteiger charge is -2.34. The SMILES string of the molecule is Cn1cc2cc(-n3cnc4cc(NC5CCN(C(=O)OC(C)(C)C)CC5)ccc4c3=O)ccc2n1. The Balaban J connectivity index is 1.30. The first-order chi connectivity index (χ1) is 16.7. The molecule has 1 amide bonds. The molecule has 0 bridgehead atoms. The van der Waals surface area contributed by atoms with E-state index in [2.05, 4.69) is 15.4 Å². The molecule has 0 aliphatic carbocycles. The molecule has 0 unspecified atom stereocenters. The highest BCUT2D eigenvalue weighted by Crippen LogP contribution is 2.22. The van der Waals surface area contributed by atoms with Crippen LogP contribution in [0.5, 0.6) is 0 Å². The number of ether oxygens (including phenoxy) is 1. The summed E-state index contributed by atoms with van der Waals surface area (Å²) in [5.74, 6) is 0. The van der Waals surface area contributed by atoms with Crippen LogP contribution < -0.4 is 10.9 Å². The molecule has 5 rings (SSSR count). The normalized spacial score (nSPS) is 15.0. The van der Waals surface area contributed by atoms with Gasteiger partial charge in [-0.1, -0.05) is 0 Å². The smallest absolute Gasteiger partial charge is 0.410 e. The number of carbonyl (C=O) groups excluding carboxylic acids is 1. The van der Waals surface area contributed by atoms with Crippen LogP contribution in [0.3, 0.4) is 0 Å². The summed E-state index contributed by atoms with van der Waals surface area (Å²) in [5, 5.41) is 9.44. The number of anilines is 1. The molecule has 3 heterocycles. The fourth-order valence-corrected chi connectivity index (χ4v) is 4.45. The summed E-state index contributed by atoms with van der Waals surface area (Å²) in [6.45, 7) is 6.91. The summed E-state index contributed by atoms with van der Waals surface area (Å²) in [4.78, 5) is 31.8. The topological polar surface area (TPSA) is 94.3 Å². The molecule has 35 heavy (non-hydrogen) atoms. The maximum atomic E-state index is 13.2. The molecule has 0 atom stereocenters. The van der Waals surface area contributed by atoms with E-state index in [-0.39, 0.29) is 17.7 Å². The van der Waals surface area contributed by atoms with Gasteiger partial charge >= 0.3 is 6.09 Å². The number of nitrogens with zero attached hydrogens (tertiary/aromatic N) is 5. The minimum absolute atomic E-state index is 0.115. The third kappa shape index (κ3) is 4.84. The lowest BCUT2D eigenvalue weighted by Crippen LogP contribution is -2.44. The average molecular weight is 475 g/mol. The van der Waals surface area contributed by atoms with Gasteiger partial charge in [0.25, 0.3) is 5.56 Å². The molecule has 1 saturated heterocycles. The lowest BCUT2D eigenvalue weighted by atomic mass is 10.0. The zero-order chi connectivity index (χ0) is 24.7. The molecule has 1 fully saturated rings. The van der Waals surface area contributed by atoms with E-state index in [1.54, 1.807) is 20.5 Å². The summed E-state index contributed by atoms with van der Waals surface area (Å²) >= 11 is 0. The maximum Gasteiger partial charge on any atom is 0.410 e. The van der Waals surface area contributed by atoms with Crippen LogP contribution in [0.1, 0.15) is 33.6 Å². The Bertz CT molecular complexity index is 1460. The van der Waals surface area contributed by atoms with Gasteiger partial charge in [-0.2, -0.15) is 5.10 Å². The van der Waals surface area contributed by atoms with Gasteiger partial charge in [-0.15, -0.1) is 0 Å². The second-order valence-corrected chi connectivity index (χ2v) is 10.1. The van der Waals surface area contributed by atoms with Gasteiger partial charge in [0.05, 0.1) is 22.1 Å². The van der Waals surface area contributed by atoms with Crippen molar-refractivity contribution in [2.24, 2.45) is 7.05 Å². The van der Waals surface area contributed by atoms with Crippen LogP contribution in [0.4, 0.5) is 10.5 Å². The first-order valence-electron chi connectivity index (χ1n) is 11.9. The molecule has 0 spiro atoms. The molecule has 9 nitrogen and oxygen atoms in total. The summed E-state index contributed by atoms with van der Waals surface area (Å²) in [7, 11) is 1.87. The Labute approximate surface area is 203 Å². The first-order valence-corrected chi connectivity index (χ1v) is 11.9. The number of benzene rings is 2. The van der Waals surface area contributed by atoms with Crippen molar-refractivity contribution < 1.29 is 9.53 Å². The van der Waals surface area contributed by atoms with Crippen molar-refractivity contribution in [3.05, 3.63) is 59.3 Å². The minimum atomic E-state index is -0.492. The standard InChI is InChI=1S/C26H30N6O3/c1-26(2,3)35-25(34)31-11-9-18(10-12-31)28-19-5-7-21-23(14-19)27-16-32(24(21)33)20-6-8-22-17(13-20)15-30(4)29-22/h5-8,13-16,18,28H,9-12H2,1-4H3. The summed E-state index contributed by atoms with van der Waals surface area (Å²) in [6, 6.07) is 11.6. The van der Waals surface area contributed by atoms with Crippen LogP contribution in [0.15, 0.2) is 53.7 Å². The Morgan fingerprint density at radius 1 is 1.09 bits per heavy atom. The number of piperidine rings is 1. The number of rotatable bonds is 3. The van der Waals surface area contributed by atoms with Crippen molar-refractivity contribution in [3.63, 3.8) is 0 Å². The van der Waals surface area contributed by atoms with Gasteiger partial charge in [0.2, 0.25) is 0 Å². The van der Waals surface area contributed by atoms with E-state index in [0.29, 0.717) is 24.0 Å². The Hall–Kier alpha value is -3.88. The third-order valence-electron chi connectivity index (χ3n) is 6.16. The van der Waals surface area contributed by atoms with Gasteiger partial charge in [-0.25, -0.2) is 9.78 Å². The fourth-order valence-electron chi connectivity index (χ4n) is 4.45. The van der Waals surface area contributed by atoms with Gasteiger partial charge in [0, 0.05) is 43.4 Å². The Morgan fingerprint density at radius 3 is 2.60 bits per heavy atom. The summed E-state index contributed by atoms with van der Waals surface area (Å²) < 4.78 is 8.80. The first kappa shape index (κ1) is 22.9. The molecular weight excluding hydrogens is 444 g/mol. The molecular formula is C26H30N6O3. The summed E-state index contributed by atoms with van der Waals surface area (Å²) in [5.41, 5.74) is 2.58. The van der Waals surface area contributed by atoms with E-state index in [9.17, 15) is 9.59 Å². The van der Waals surface area contributed by atoms with Crippen LogP contribution >= 0.6 is 0 Å². The van der Waals surface area contributed by atoms with Crippen LogP contribution in [-0.2, 0) is 11.8 Å². The monoisotopic (exact) mass is 474 g/mol. The van der Waals surface area contributed by atoms with E-state index >= 15 is 0 Å². The van der Waals surface area contributed by atoms with Gasteiger partial charge in [0.15, 0.2) is 0 Å². The van der Waals surface area contributed by atoms with Crippen molar-refractivity contribution in [2.45, 2.75) is 45.3 Å². The quantitative estimate of drug-likeness (QED) is 0.481. The second kappa shape index (κ2) is 8.72. The maximum absolute atomic E-state index is 13.2. The highest BCUT2D eigenvalue weighted by Gasteiger charge is 2.26. The highest BCUT2D eigenvalue weighted by atomic mass is 16.6. The number of aromatic nitrogens is 4. The summed E-state index contributed by atoms with van der Waals surface area (Å²) in [6.07, 6.45) is 4.89. The number of likely N-dealkylation sites (tertiary alicyclic amines) is 1. The molecule has 0 radical (unpaired) electrons. The second-order valence-electron chi connectivity index (χ2n) is 10.1. The van der Waals surface area contributed by atoms with Crippen molar-refractivity contribution in [2.75, 3.05) is 18.4 Å². The van der Waals surface area contributed by atoms with Crippen molar-refractivity contribution in [1.82, 2.24) is 24.2 Å². The molecule has 1 N–H and O–H groups in total. The molecule has 4 aromatic rings. The van der Waals surface area contributed by atoms with E-state index in [1.807, 2.05) is 70.4 Å². The zero-order valence-electron chi connectivity index (χ0n) is 20.5. The van der Waals surface area contributed by atoms with Gasteiger partial charge in [-0.05, 0) is 70.0 Å². The molecule has 1 aliphatic heterocycles. The number of amides is 1. The largest absolute Gasteiger partial charge is 0.444 e. The van der Waals surface area contributed by atoms with Crippen molar-refractivity contribution >= 4 is 33.6 Å². The van der Waals surface area contributed by atoms with E-state index < -0.39 is 5.60 Å². The number of nitrogens with one attached hydrogen (secondary N) is 1. The molecule has 1 aliphatic rings. The molecule has 0 saturated carbocycles. The van der Waals surface area contributed by atoms with E-state index in [0.717, 1.165) is 35.1 Å². The van der Waals surface area contributed by atoms with Crippen LogP contribution in [0.25, 0.3) is 27.5 Å². The van der Waals surface area contributed by atoms with Crippen LogP contribution in [0, 0.1) is 0 Å². The highest BCUT2D eigenvalue weighted by molar-refractivity contribution is 5.83. The predicted molar refractivity (Wildman–Crippen MR) is 136 cm³/mol. The zero-order valence-corrected chi connectivity index (χ0v) is 20.5. The third-order valence-corrected chi connectivity index (χ3v) is 6.16. The van der Waals surface area contributed by atoms with Crippen molar-refractivity contribution in [1.29, 1.82) is 0 Å². The Morgan fingerprint density at radius 2 is 1.86 bits per heavy atom. The van der Waals surface area contributed by atoms with Crippen LogP contribution in [-0.4, -0.2) is 55.1 Å². The number of aryl methyl sites for hydroxylation is 1. The average Bonchev–Trinajstić information content (AvgIpc) is 3.18. The number of hydrogen-bond acceptors (Lipinski definition) is 6. The molecule has 2 aromatic heterocycles. The van der Waals surface area contributed by atoms with Crippen LogP contribution in [0.2, 0.25) is 0 Å². The number of hydrogen-bond donors (Lipinski definition) is 1. The Kier molecular flexibility index (Phi) is 5.70. The molecule has 182 valence electrons. The number of carbonyl (C=O) groups is 1. The molecule has 9 heteroatoms. The minimum Gasteiger partial charge on any atom is -0.444 e. The fraction of sp³-hybridized carbons (Fsp3) is 0.385. The lowest BCUT2D eigenvalue weighted by molar-refractivity contribution is 0.0210. The van der Waals surface area contributed by atoms with E-state index in [1.165, 1.54) is 0 Å².